The maximum Gasteiger partial charge on any atom is 0.490 e. The molecular weight excluding hydrogens is 504 g/mol. The Morgan fingerprint density at radius 3 is 2.37 bits per heavy atom. The number of hydrogen-bond acceptors (Lipinski definition) is 4. The van der Waals surface area contributed by atoms with E-state index in [9.17, 15) is 22.4 Å². The number of rotatable bonds is 5. The number of carboxylic acids is 1. The molecule has 11 heteroatoms. The molecular formula is C27H24F4N4O3. The summed E-state index contributed by atoms with van der Waals surface area (Å²) in [7, 11) is 0. The molecule has 4 aromatic rings. The fourth-order valence-electron chi connectivity index (χ4n) is 4.42. The molecule has 7 nitrogen and oxygen atoms in total. The summed E-state index contributed by atoms with van der Waals surface area (Å²) in [5.74, 6) is -3.27. The molecule has 198 valence electrons. The van der Waals surface area contributed by atoms with Gasteiger partial charge < -0.3 is 10.4 Å². The average molecular weight is 529 g/mol. The van der Waals surface area contributed by atoms with Crippen LogP contribution in [-0.4, -0.2) is 51.3 Å². The van der Waals surface area contributed by atoms with E-state index in [1.165, 1.54) is 17.7 Å². The van der Waals surface area contributed by atoms with Crippen LogP contribution in [0.2, 0.25) is 0 Å². The highest BCUT2D eigenvalue weighted by atomic mass is 19.4. The Labute approximate surface area is 215 Å². The molecule has 1 amide bonds. The number of carboxylic acid groups (broad SMARTS) is 1. The van der Waals surface area contributed by atoms with E-state index in [0.717, 1.165) is 35.2 Å². The fraction of sp³-hybridized carbons (Fsp3) is 0.222. The third-order valence-electron chi connectivity index (χ3n) is 6.23. The lowest BCUT2D eigenvalue weighted by Gasteiger charge is -2.18. The lowest BCUT2D eigenvalue weighted by molar-refractivity contribution is -0.192. The van der Waals surface area contributed by atoms with Crippen molar-refractivity contribution in [2.24, 2.45) is 5.92 Å². The molecule has 1 saturated heterocycles. The summed E-state index contributed by atoms with van der Waals surface area (Å²) in [5.41, 5.74) is 3.88. The summed E-state index contributed by atoms with van der Waals surface area (Å²) in [6.07, 6.45) is -3.34. The van der Waals surface area contributed by atoms with E-state index in [1.54, 1.807) is 18.3 Å². The predicted octanol–water partition coefficient (Wildman–Crippen LogP) is 5.19. The van der Waals surface area contributed by atoms with E-state index in [4.69, 9.17) is 9.90 Å². The highest BCUT2D eigenvalue weighted by Gasteiger charge is 2.39. The van der Waals surface area contributed by atoms with Crippen LogP contribution in [0.15, 0.2) is 79.0 Å². The average Bonchev–Trinajstić information content (AvgIpc) is 3.52. The highest BCUT2D eigenvalue weighted by molar-refractivity contribution is 5.95. The molecule has 0 aliphatic carbocycles. The largest absolute Gasteiger partial charge is 0.490 e. The van der Waals surface area contributed by atoms with Gasteiger partial charge in [0.15, 0.2) is 0 Å². The lowest BCUT2D eigenvalue weighted by Crippen LogP contribution is -2.28. The molecule has 2 unspecified atom stereocenters. The molecule has 0 bridgehead atoms. The summed E-state index contributed by atoms with van der Waals surface area (Å²) >= 11 is 0. The third kappa shape index (κ3) is 6.74. The lowest BCUT2D eigenvalue weighted by atomic mass is 9.88. The Balaban J connectivity index is 0.000000426. The number of benzene rings is 3. The normalized spacial score (nSPS) is 17.6. The standard InChI is InChI=1S/C25H23FN4O.C2HF3O2/c26-20-8-6-18(7-9-20)22-15-30(14-17-4-2-1-3-5-17)16-23(22)25(31)28-21-10-11-24-19(12-21)13-27-29-24;3-2(4,5)1(6)7/h1-13,22-23H,14-16H2,(H,27,29)(H,28,31);(H,6,7). The molecule has 1 fully saturated rings. The van der Waals surface area contributed by atoms with E-state index in [-0.39, 0.29) is 23.6 Å². The minimum absolute atomic E-state index is 0.00182. The molecule has 0 spiro atoms. The predicted molar refractivity (Wildman–Crippen MR) is 133 cm³/mol. The number of anilines is 1. The van der Waals surface area contributed by atoms with Gasteiger partial charge in [-0.2, -0.15) is 18.3 Å². The van der Waals surface area contributed by atoms with Gasteiger partial charge in [-0.1, -0.05) is 42.5 Å². The van der Waals surface area contributed by atoms with Gasteiger partial charge in [-0.25, -0.2) is 9.18 Å². The van der Waals surface area contributed by atoms with E-state index in [0.29, 0.717) is 6.54 Å². The van der Waals surface area contributed by atoms with Gasteiger partial charge in [-0.3, -0.25) is 14.8 Å². The number of nitrogens with one attached hydrogen (secondary N) is 2. The van der Waals surface area contributed by atoms with Gasteiger partial charge in [0.1, 0.15) is 5.82 Å². The summed E-state index contributed by atoms with van der Waals surface area (Å²) in [4.78, 5) is 24.5. The Hall–Kier alpha value is -4.25. The van der Waals surface area contributed by atoms with Crippen LogP contribution < -0.4 is 5.32 Å². The Kier molecular flexibility index (Phi) is 8.06. The number of nitrogens with zero attached hydrogens (tertiary/aromatic N) is 2. The van der Waals surface area contributed by atoms with Crippen LogP contribution in [0.1, 0.15) is 17.0 Å². The number of H-pyrrole nitrogens is 1. The summed E-state index contributed by atoms with van der Waals surface area (Å²) in [5, 5.41) is 18.1. The number of aliphatic carboxylic acids is 1. The van der Waals surface area contributed by atoms with Crippen LogP contribution in [0.5, 0.6) is 0 Å². The van der Waals surface area contributed by atoms with Crippen molar-refractivity contribution in [1.82, 2.24) is 15.1 Å². The number of hydrogen-bond donors (Lipinski definition) is 3. The number of alkyl halides is 3. The molecule has 0 saturated carbocycles. The number of fused-ring (bicyclic) bond motifs is 1. The molecule has 1 aromatic heterocycles. The van der Waals surface area contributed by atoms with Gasteiger partial charge in [-0.15, -0.1) is 0 Å². The molecule has 2 heterocycles. The molecule has 3 N–H and O–H groups in total. The third-order valence-corrected chi connectivity index (χ3v) is 6.23. The van der Waals surface area contributed by atoms with Crippen molar-refractivity contribution in [1.29, 1.82) is 0 Å². The molecule has 38 heavy (non-hydrogen) atoms. The van der Waals surface area contributed by atoms with E-state index >= 15 is 0 Å². The van der Waals surface area contributed by atoms with Crippen LogP contribution in [-0.2, 0) is 16.1 Å². The molecule has 1 aliphatic heterocycles. The first kappa shape index (κ1) is 26.8. The first-order valence-electron chi connectivity index (χ1n) is 11.7. The van der Waals surface area contributed by atoms with Gasteiger partial charge in [-0.05, 0) is 41.5 Å². The Morgan fingerprint density at radius 2 is 1.71 bits per heavy atom. The Bertz CT molecular complexity index is 1390. The van der Waals surface area contributed by atoms with Crippen molar-refractivity contribution >= 4 is 28.5 Å². The fourth-order valence-corrected chi connectivity index (χ4v) is 4.42. The van der Waals surface area contributed by atoms with E-state index in [2.05, 4.69) is 32.5 Å². The van der Waals surface area contributed by atoms with Crippen LogP contribution in [0.4, 0.5) is 23.2 Å². The maximum atomic E-state index is 13.5. The van der Waals surface area contributed by atoms with Gasteiger partial charge in [0, 0.05) is 36.6 Å². The number of carbonyl (C=O) groups is 2. The molecule has 1 aliphatic rings. The van der Waals surface area contributed by atoms with Crippen LogP contribution in [0.3, 0.4) is 0 Å². The molecule has 3 aromatic carbocycles. The van der Waals surface area contributed by atoms with Gasteiger partial charge >= 0.3 is 12.1 Å². The number of amides is 1. The van der Waals surface area contributed by atoms with Gasteiger partial charge in [0.2, 0.25) is 5.91 Å². The zero-order valence-corrected chi connectivity index (χ0v) is 20.0. The monoisotopic (exact) mass is 528 g/mol. The van der Waals surface area contributed by atoms with Gasteiger partial charge in [0.25, 0.3) is 0 Å². The zero-order valence-electron chi connectivity index (χ0n) is 20.0. The highest BCUT2D eigenvalue weighted by Crippen LogP contribution is 2.34. The zero-order chi connectivity index (χ0) is 27.3. The van der Waals surface area contributed by atoms with Crippen molar-refractivity contribution in [3.05, 3.63) is 95.9 Å². The van der Waals surface area contributed by atoms with Crippen molar-refractivity contribution in [3.8, 4) is 0 Å². The summed E-state index contributed by atoms with van der Waals surface area (Å²) in [6.45, 7) is 2.18. The minimum Gasteiger partial charge on any atom is -0.475 e. The molecule has 0 radical (unpaired) electrons. The first-order valence-corrected chi connectivity index (χ1v) is 11.7. The van der Waals surface area contributed by atoms with Crippen molar-refractivity contribution < 1.29 is 32.3 Å². The SMILES string of the molecule is O=C(Nc1ccc2[nH]ncc2c1)C1CN(Cc2ccccc2)CC1c1ccc(F)cc1.O=C(O)C(F)(F)F. The Morgan fingerprint density at radius 1 is 1.03 bits per heavy atom. The number of carbonyl (C=O) groups excluding carboxylic acids is 1. The number of aromatic amines is 1. The van der Waals surface area contributed by atoms with Gasteiger partial charge in [0.05, 0.1) is 17.6 Å². The summed E-state index contributed by atoms with van der Waals surface area (Å²) in [6, 6.07) is 22.5. The second-order valence-corrected chi connectivity index (χ2v) is 8.91. The van der Waals surface area contributed by atoms with Crippen molar-refractivity contribution in [3.63, 3.8) is 0 Å². The quantitative estimate of drug-likeness (QED) is 0.310. The van der Waals surface area contributed by atoms with Crippen LogP contribution in [0, 0.1) is 11.7 Å². The second kappa shape index (κ2) is 11.4. The minimum atomic E-state index is -5.08. The van der Waals surface area contributed by atoms with Crippen molar-refractivity contribution in [2.75, 3.05) is 18.4 Å². The van der Waals surface area contributed by atoms with E-state index < -0.39 is 12.1 Å². The number of halogens is 4. The van der Waals surface area contributed by atoms with E-state index in [1.807, 2.05) is 36.4 Å². The molecule has 2 atom stereocenters. The summed E-state index contributed by atoms with van der Waals surface area (Å²) < 4.78 is 45.2. The maximum absolute atomic E-state index is 13.5. The molecule has 5 rings (SSSR count). The topological polar surface area (TPSA) is 98.3 Å². The smallest absolute Gasteiger partial charge is 0.475 e. The second-order valence-electron chi connectivity index (χ2n) is 8.91. The number of aromatic nitrogens is 2. The first-order chi connectivity index (χ1) is 18.1. The number of likely N-dealkylation sites (tertiary alicyclic amines) is 1. The van der Waals surface area contributed by atoms with Crippen molar-refractivity contribution in [2.45, 2.75) is 18.6 Å². The van der Waals surface area contributed by atoms with Crippen LogP contribution >= 0.6 is 0 Å². The van der Waals surface area contributed by atoms with Crippen LogP contribution in [0.25, 0.3) is 10.9 Å².